The Kier molecular flexibility index (Phi) is 7.29. The van der Waals surface area contributed by atoms with Gasteiger partial charge in [0, 0.05) is 5.52 Å². The Balaban J connectivity index is 0.00000312. The van der Waals surface area contributed by atoms with E-state index in [0.717, 1.165) is 30.6 Å². The molecule has 0 atom stereocenters. The number of carbonyl (C=O) groups excluding carboxylic acids is 1. The maximum absolute atomic E-state index is 12.9. The van der Waals surface area contributed by atoms with Crippen molar-refractivity contribution < 1.29 is 23.7 Å². The van der Waals surface area contributed by atoms with Crippen molar-refractivity contribution in [3.05, 3.63) is 63.2 Å². The van der Waals surface area contributed by atoms with Gasteiger partial charge >= 0.3 is 18.9 Å². The quantitative estimate of drug-likeness (QED) is 0.617. The molecule has 0 aliphatic carbocycles. The van der Waals surface area contributed by atoms with Crippen molar-refractivity contribution in [1.82, 2.24) is 0 Å². The number of rotatable bonds is 3. The van der Waals surface area contributed by atoms with E-state index in [1.165, 1.54) is 22.3 Å². The van der Waals surface area contributed by atoms with Crippen molar-refractivity contribution in [2.24, 2.45) is 0 Å². The first kappa shape index (κ1) is 22.2. The predicted molar refractivity (Wildman–Crippen MR) is 106 cm³/mol. The average Bonchev–Trinajstić information content (AvgIpc) is 2.40. The average molecular weight is 346 g/mol. The summed E-state index contributed by atoms with van der Waals surface area (Å²) in [5.41, 5.74) is 8.29. The van der Waals surface area contributed by atoms with Gasteiger partial charge in [0.25, 0.3) is 0 Å². The summed E-state index contributed by atoms with van der Waals surface area (Å²) in [7, 11) is 0.774. The second kappa shape index (κ2) is 8.22. The van der Waals surface area contributed by atoms with Crippen molar-refractivity contribution in [2.45, 2.75) is 60.8 Å². The van der Waals surface area contributed by atoms with Gasteiger partial charge in [-0.05, 0) is 62.3 Å². The number of benzene rings is 2. The summed E-state index contributed by atoms with van der Waals surface area (Å²) in [6.45, 7) is 17.1. The van der Waals surface area contributed by atoms with Crippen LogP contribution >= 0.6 is 8.58 Å². The van der Waals surface area contributed by atoms with Gasteiger partial charge < -0.3 is 13.4 Å². The molecule has 128 valence electrons. The Bertz CT molecular complexity index is 754. The topological polar surface area (TPSA) is 17.1 Å². The van der Waals surface area contributed by atoms with Crippen LogP contribution in [0.4, 0.5) is 0 Å². The van der Waals surface area contributed by atoms with Crippen molar-refractivity contribution in [3.63, 3.8) is 0 Å². The molecule has 0 aliphatic rings. The molecule has 2 aromatic carbocycles. The first-order valence-corrected chi connectivity index (χ1v) is 9.36. The first-order valence-electron chi connectivity index (χ1n) is 8.46. The SMILES string of the molecule is Cc1cc(C)c(C(=O)[P-]c2c(C)cc(C(C)(C)C)cc2C)c(C)c1.[Li+]. The van der Waals surface area contributed by atoms with Gasteiger partial charge in [0.2, 0.25) is 0 Å². The molecular formula is C22H28LiOP. The first-order chi connectivity index (χ1) is 11.0. The van der Waals surface area contributed by atoms with E-state index in [1.54, 1.807) is 0 Å². The number of carbonyl (C=O) groups is 1. The molecule has 0 spiro atoms. The van der Waals surface area contributed by atoms with Crippen molar-refractivity contribution in [1.29, 1.82) is 0 Å². The van der Waals surface area contributed by atoms with Crippen molar-refractivity contribution >= 4 is 19.4 Å². The van der Waals surface area contributed by atoms with Gasteiger partial charge in [-0.1, -0.05) is 61.7 Å². The largest absolute Gasteiger partial charge is 1.00 e. The molecule has 2 aromatic rings. The van der Waals surface area contributed by atoms with Crippen LogP contribution in [0.15, 0.2) is 24.3 Å². The summed E-state index contributed by atoms with van der Waals surface area (Å²) < 4.78 is 0. The molecule has 0 unspecified atom stereocenters. The van der Waals surface area contributed by atoms with Gasteiger partial charge in [0.1, 0.15) is 0 Å². The van der Waals surface area contributed by atoms with Crippen LogP contribution < -0.4 is 24.2 Å². The normalized spacial score (nSPS) is 11.7. The molecule has 0 aliphatic heterocycles. The Labute approximate surface area is 167 Å². The van der Waals surface area contributed by atoms with E-state index in [9.17, 15) is 4.79 Å². The molecule has 0 radical (unpaired) electrons. The van der Waals surface area contributed by atoms with Crippen molar-refractivity contribution in [2.75, 3.05) is 0 Å². The van der Waals surface area contributed by atoms with E-state index in [0.29, 0.717) is 0 Å². The van der Waals surface area contributed by atoms with Crippen LogP contribution in [0.3, 0.4) is 0 Å². The zero-order valence-corrected chi connectivity index (χ0v) is 18.1. The van der Waals surface area contributed by atoms with E-state index in [2.05, 4.69) is 65.8 Å². The maximum atomic E-state index is 12.9. The summed E-state index contributed by atoms with van der Waals surface area (Å²) >= 11 is 0. The maximum Gasteiger partial charge on any atom is 1.00 e. The molecule has 2 rings (SSSR count). The van der Waals surface area contributed by atoms with Gasteiger partial charge in [-0.3, -0.25) is 0 Å². The van der Waals surface area contributed by atoms with Gasteiger partial charge in [-0.25, -0.2) is 0 Å². The number of hydrogen-bond acceptors (Lipinski definition) is 1. The molecule has 1 nitrogen and oxygen atoms in total. The summed E-state index contributed by atoms with van der Waals surface area (Å²) in [6, 6.07) is 8.66. The smallest absolute Gasteiger partial charge is 0.425 e. The molecule has 0 amide bonds. The van der Waals surface area contributed by atoms with E-state index in [4.69, 9.17) is 0 Å². The van der Waals surface area contributed by atoms with Gasteiger partial charge in [-0.15, -0.1) is 0 Å². The van der Waals surface area contributed by atoms with Crippen molar-refractivity contribution in [3.8, 4) is 0 Å². The van der Waals surface area contributed by atoms with Crippen LogP contribution in [0.5, 0.6) is 0 Å². The Hall–Kier alpha value is -0.863. The molecular weight excluding hydrogens is 318 g/mol. The summed E-state index contributed by atoms with van der Waals surface area (Å²) in [4.78, 5) is 12.9. The summed E-state index contributed by atoms with van der Waals surface area (Å²) in [6.07, 6.45) is 0. The third-order valence-electron chi connectivity index (χ3n) is 4.46. The van der Waals surface area contributed by atoms with Gasteiger partial charge in [0.05, 0.1) is 0 Å². The Morgan fingerprint density at radius 2 is 1.24 bits per heavy atom. The minimum Gasteiger partial charge on any atom is -0.425 e. The predicted octanol–water partition coefficient (Wildman–Crippen LogP) is 2.94. The molecule has 0 saturated carbocycles. The monoisotopic (exact) mass is 346 g/mol. The molecule has 0 aromatic heterocycles. The van der Waals surface area contributed by atoms with Crippen LogP contribution in [-0.2, 0) is 5.41 Å². The Morgan fingerprint density at radius 1 is 0.800 bits per heavy atom. The zero-order chi connectivity index (χ0) is 18.2. The summed E-state index contributed by atoms with van der Waals surface area (Å²) in [5, 5.41) is 1.15. The molecule has 0 saturated heterocycles. The van der Waals surface area contributed by atoms with Crippen LogP contribution in [-0.4, -0.2) is 5.52 Å². The van der Waals surface area contributed by atoms with E-state index in [1.807, 2.05) is 13.8 Å². The third kappa shape index (κ3) is 5.07. The summed E-state index contributed by atoms with van der Waals surface area (Å²) in [5.74, 6) is 0. The number of hydrogen-bond donors (Lipinski definition) is 0. The fourth-order valence-corrected chi connectivity index (χ4v) is 4.39. The van der Waals surface area contributed by atoms with Crippen LogP contribution in [0.2, 0.25) is 0 Å². The second-order valence-corrected chi connectivity index (χ2v) is 8.98. The van der Waals surface area contributed by atoms with Crippen LogP contribution in [0.1, 0.15) is 64.5 Å². The second-order valence-electron chi connectivity index (χ2n) is 7.90. The minimum absolute atomic E-state index is 0. The molecule has 25 heavy (non-hydrogen) atoms. The molecule has 0 bridgehead atoms. The minimum atomic E-state index is 0. The number of aryl methyl sites for hydroxylation is 5. The molecule has 0 heterocycles. The Morgan fingerprint density at radius 3 is 1.64 bits per heavy atom. The molecule has 0 fully saturated rings. The zero-order valence-electron chi connectivity index (χ0n) is 17.2. The fourth-order valence-electron chi connectivity index (χ4n) is 3.24. The van der Waals surface area contributed by atoms with E-state index in [-0.39, 0.29) is 29.8 Å². The van der Waals surface area contributed by atoms with Crippen LogP contribution in [0.25, 0.3) is 0 Å². The van der Waals surface area contributed by atoms with Crippen LogP contribution in [0, 0.1) is 34.6 Å². The van der Waals surface area contributed by atoms with Gasteiger partial charge in [-0.2, -0.15) is 5.30 Å². The van der Waals surface area contributed by atoms with E-state index >= 15 is 0 Å². The third-order valence-corrected chi connectivity index (χ3v) is 5.82. The van der Waals surface area contributed by atoms with Gasteiger partial charge in [0.15, 0.2) is 0 Å². The standard InChI is InChI=1S/C22H28OP.Li/c1-13-9-14(2)19(15(3)10-13)21(23)24-20-16(4)11-18(12-17(20)5)22(6,7)8;/h9-12H,1-8H3;/q-1;+1. The molecule has 3 heteroatoms. The van der Waals surface area contributed by atoms with E-state index < -0.39 is 0 Å². The molecule has 0 N–H and O–H groups in total. The fraction of sp³-hybridized carbons (Fsp3) is 0.409.